The van der Waals surface area contributed by atoms with Crippen LogP contribution >= 0.6 is 11.3 Å². The summed E-state index contributed by atoms with van der Waals surface area (Å²) in [5, 5.41) is 6.14. The number of hydrogen-bond donors (Lipinski definition) is 1. The van der Waals surface area contributed by atoms with Crippen molar-refractivity contribution in [1.29, 1.82) is 0 Å². The van der Waals surface area contributed by atoms with E-state index in [0.29, 0.717) is 0 Å². The second-order valence-corrected chi connectivity index (χ2v) is 6.48. The number of rotatable bonds is 4. The van der Waals surface area contributed by atoms with Crippen molar-refractivity contribution in [3.8, 4) is 0 Å². The molecule has 1 aliphatic carbocycles. The summed E-state index contributed by atoms with van der Waals surface area (Å²) >= 11 is 1.59. The van der Waals surface area contributed by atoms with Gasteiger partial charge in [-0.2, -0.15) is 0 Å². The molecule has 2 aromatic rings. The molecule has 1 aromatic heterocycles. The molecule has 0 atom stereocenters. The number of nitrogens with one attached hydrogen (secondary N) is 1. The lowest BCUT2D eigenvalue weighted by atomic mass is 9.72. The van der Waals surface area contributed by atoms with Crippen LogP contribution in [0.3, 0.4) is 0 Å². The van der Waals surface area contributed by atoms with Crippen molar-refractivity contribution >= 4 is 23.3 Å². The molecule has 1 saturated carbocycles. The summed E-state index contributed by atoms with van der Waals surface area (Å²) in [6.45, 7) is 1.96. The number of amides is 1. The normalized spacial score (nSPS) is 16.6. The lowest BCUT2D eigenvalue weighted by molar-refractivity contribution is -0.119. The van der Waals surface area contributed by atoms with E-state index < -0.39 is 0 Å². The molecule has 1 aromatic carbocycles. The molecule has 1 N–H and O–H groups in total. The molecule has 1 amide bonds. The maximum absolute atomic E-state index is 12.2. The summed E-state index contributed by atoms with van der Waals surface area (Å²) in [7, 11) is 0. The molecule has 0 saturated heterocycles. The monoisotopic (exact) mass is 298 g/mol. The Labute approximate surface area is 128 Å². The third-order valence-corrected chi connectivity index (χ3v) is 4.73. The summed E-state index contributed by atoms with van der Waals surface area (Å²) in [6, 6.07) is 10.2. The van der Waals surface area contributed by atoms with E-state index in [0.717, 1.165) is 30.0 Å². The van der Waals surface area contributed by atoms with Crippen LogP contribution in [0.15, 0.2) is 41.8 Å². The van der Waals surface area contributed by atoms with Gasteiger partial charge in [-0.3, -0.25) is 4.79 Å². The molecule has 1 aliphatic rings. The van der Waals surface area contributed by atoms with Crippen LogP contribution in [0.2, 0.25) is 0 Å². The third-order valence-electron chi connectivity index (χ3n) is 3.94. The van der Waals surface area contributed by atoms with Crippen LogP contribution < -0.4 is 5.32 Å². The van der Waals surface area contributed by atoms with Crippen molar-refractivity contribution < 1.29 is 4.79 Å². The van der Waals surface area contributed by atoms with Gasteiger partial charge in [0, 0.05) is 11.5 Å². The first-order valence-electron chi connectivity index (χ1n) is 7.16. The number of aryl methyl sites for hydroxylation is 1. The van der Waals surface area contributed by atoms with Gasteiger partial charge >= 0.3 is 0 Å². The summed E-state index contributed by atoms with van der Waals surface area (Å²) in [6.07, 6.45) is 6.52. The molecule has 1 fully saturated rings. The molecular formula is C17H18N2OS. The van der Waals surface area contributed by atoms with Crippen molar-refractivity contribution in [2.75, 3.05) is 0 Å². The van der Waals surface area contributed by atoms with Gasteiger partial charge in [0.15, 0.2) is 0 Å². The molecule has 21 heavy (non-hydrogen) atoms. The molecule has 0 aliphatic heterocycles. The Bertz CT molecular complexity index is 656. The van der Waals surface area contributed by atoms with Gasteiger partial charge in [-0.1, -0.05) is 30.3 Å². The van der Waals surface area contributed by atoms with Crippen LogP contribution in [0.5, 0.6) is 0 Å². The molecule has 0 spiro atoms. The zero-order valence-electron chi connectivity index (χ0n) is 12.0. The van der Waals surface area contributed by atoms with Gasteiger partial charge in [0.2, 0.25) is 5.91 Å². The molecule has 0 unspecified atom stereocenters. The van der Waals surface area contributed by atoms with Crippen molar-refractivity contribution in [3.63, 3.8) is 0 Å². The SMILES string of the molecule is Cc1nc(/C=C/C(=O)NC2(c3ccccc3)CCC2)cs1. The maximum atomic E-state index is 12.2. The van der Waals surface area contributed by atoms with Crippen LogP contribution in [-0.4, -0.2) is 10.9 Å². The average molecular weight is 298 g/mol. The molecule has 1 heterocycles. The number of nitrogens with zero attached hydrogens (tertiary/aromatic N) is 1. The molecular weight excluding hydrogens is 280 g/mol. The highest BCUT2D eigenvalue weighted by molar-refractivity contribution is 7.09. The Morgan fingerprint density at radius 2 is 2.10 bits per heavy atom. The first-order chi connectivity index (χ1) is 10.2. The van der Waals surface area contributed by atoms with Gasteiger partial charge in [0.05, 0.1) is 16.2 Å². The lowest BCUT2D eigenvalue weighted by Crippen LogP contribution is -2.50. The minimum Gasteiger partial charge on any atom is -0.343 e. The number of carbonyl (C=O) groups is 1. The minimum atomic E-state index is -0.180. The zero-order valence-corrected chi connectivity index (χ0v) is 12.8. The van der Waals surface area contributed by atoms with E-state index in [1.165, 1.54) is 5.56 Å². The smallest absolute Gasteiger partial charge is 0.244 e. The maximum Gasteiger partial charge on any atom is 0.244 e. The number of benzene rings is 1. The first-order valence-corrected chi connectivity index (χ1v) is 8.04. The van der Waals surface area contributed by atoms with Crippen molar-refractivity contribution in [2.24, 2.45) is 0 Å². The summed E-state index contributed by atoms with van der Waals surface area (Å²) in [4.78, 5) is 16.5. The highest BCUT2D eigenvalue weighted by atomic mass is 32.1. The Hall–Kier alpha value is -1.94. The van der Waals surface area contributed by atoms with E-state index in [4.69, 9.17) is 0 Å². The molecule has 3 nitrogen and oxygen atoms in total. The molecule has 4 heteroatoms. The van der Waals surface area contributed by atoms with Crippen molar-refractivity contribution in [1.82, 2.24) is 10.3 Å². The summed E-state index contributed by atoms with van der Waals surface area (Å²) < 4.78 is 0. The van der Waals surface area contributed by atoms with E-state index in [-0.39, 0.29) is 11.4 Å². The fourth-order valence-corrected chi connectivity index (χ4v) is 3.25. The number of aromatic nitrogens is 1. The standard InChI is InChI=1S/C17H18N2OS/c1-13-18-15(12-21-13)8-9-16(20)19-17(10-5-11-17)14-6-3-2-4-7-14/h2-4,6-9,12H,5,10-11H2,1H3,(H,19,20)/b9-8+. The molecule has 0 radical (unpaired) electrons. The second-order valence-electron chi connectivity index (χ2n) is 5.42. The Morgan fingerprint density at radius 3 is 2.67 bits per heavy atom. The number of thiazole rings is 1. The summed E-state index contributed by atoms with van der Waals surface area (Å²) in [5.74, 6) is -0.0517. The van der Waals surface area contributed by atoms with E-state index >= 15 is 0 Å². The van der Waals surface area contributed by atoms with Crippen molar-refractivity contribution in [2.45, 2.75) is 31.7 Å². The lowest BCUT2D eigenvalue weighted by Gasteiger charge is -2.42. The van der Waals surface area contributed by atoms with E-state index in [1.807, 2.05) is 30.5 Å². The Kier molecular flexibility index (Phi) is 3.88. The predicted molar refractivity (Wildman–Crippen MR) is 86.0 cm³/mol. The summed E-state index contributed by atoms with van der Waals surface area (Å²) in [5.41, 5.74) is 1.86. The van der Waals surface area contributed by atoms with Crippen LogP contribution in [0.4, 0.5) is 0 Å². The average Bonchev–Trinajstić information content (AvgIpc) is 2.87. The van der Waals surface area contributed by atoms with E-state index in [9.17, 15) is 4.79 Å². The van der Waals surface area contributed by atoms with Crippen LogP contribution in [0, 0.1) is 6.92 Å². The fraction of sp³-hybridized carbons (Fsp3) is 0.294. The van der Waals surface area contributed by atoms with Crippen LogP contribution in [0.1, 0.15) is 35.5 Å². The predicted octanol–water partition coefficient (Wildman–Crippen LogP) is 3.66. The quantitative estimate of drug-likeness (QED) is 0.875. The van der Waals surface area contributed by atoms with Crippen LogP contribution in [0.25, 0.3) is 6.08 Å². The second kappa shape index (κ2) is 5.82. The van der Waals surface area contributed by atoms with Crippen LogP contribution in [-0.2, 0) is 10.3 Å². The van der Waals surface area contributed by atoms with Gasteiger partial charge in [-0.25, -0.2) is 4.98 Å². The zero-order chi connectivity index (χ0) is 14.7. The third kappa shape index (κ3) is 3.05. The molecule has 3 rings (SSSR count). The van der Waals surface area contributed by atoms with Gasteiger partial charge < -0.3 is 5.32 Å². The Morgan fingerprint density at radius 1 is 1.33 bits per heavy atom. The fourth-order valence-electron chi connectivity index (χ4n) is 2.67. The highest BCUT2D eigenvalue weighted by Gasteiger charge is 2.39. The van der Waals surface area contributed by atoms with E-state index in [1.54, 1.807) is 23.5 Å². The highest BCUT2D eigenvalue weighted by Crippen LogP contribution is 2.41. The van der Waals surface area contributed by atoms with Gasteiger partial charge in [0.25, 0.3) is 0 Å². The number of carbonyl (C=O) groups excluding carboxylic acids is 1. The number of hydrogen-bond acceptors (Lipinski definition) is 3. The largest absolute Gasteiger partial charge is 0.343 e. The van der Waals surface area contributed by atoms with Gasteiger partial charge in [0.1, 0.15) is 0 Å². The minimum absolute atomic E-state index is 0.0517. The first kappa shape index (κ1) is 14.0. The van der Waals surface area contributed by atoms with Gasteiger partial charge in [-0.15, -0.1) is 11.3 Å². The topological polar surface area (TPSA) is 42.0 Å². The Balaban J connectivity index is 1.70. The van der Waals surface area contributed by atoms with Gasteiger partial charge in [-0.05, 0) is 37.8 Å². The van der Waals surface area contributed by atoms with Crippen molar-refractivity contribution in [3.05, 3.63) is 58.1 Å². The molecule has 0 bridgehead atoms. The van der Waals surface area contributed by atoms with E-state index in [2.05, 4.69) is 22.4 Å². The molecule has 108 valence electrons.